The Labute approximate surface area is 136 Å². The highest BCUT2D eigenvalue weighted by Crippen LogP contribution is 2.40. The summed E-state index contributed by atoms with van der Waals surface area (Å²) in [6, 6.07) is 7.74. The first kappa shape index (κ1) is 12.9. The molecule has 1 saturated carbocycles. The lowest BCUT2D eigenvalue weighted by Crippen LogP contribution is -1.98. The predicted octanol–water partition coefficient (Wildman–Crippen LogP) is 2.93. The minimum Gasteiger partial charge on any atom is -0.454 e. The summed E-state index contributed by atoms with van der Waals surface area (Å²) in [6.45, 7) is 0.243. The van der Waals surface area contributed by atoms with Gasteiger partial charge in [0, 0.05) is 17.7 Å². The maximum absolute atomic E-state index is 5.44. The van der Waals surface area contributed by atoms with Gasteiger partial charge in [0.25, 0.3) is 0 Å². The van der Waals surface area contributed by atoms with Gasteiger partial charge in [-0.2, -0.15) is 10.2 Å². The van der Waals surface area contributed by atoms with Crippen LogP contribution in [0.4, 0.5) is 0 Å². The van der Waals surface area contributed by atoms with E-state index in [0.29, 0.717) is 22.3 Å². The van der Waals surface area contributed by atoms with Crippen LogP contribution in [0.15, 0.2) is 24.3 Å². The van der Waals surface area contributed by atoms with E-state index in [1.165, 1.54) is 12.8 Å². The molecule has 116 valence electrons. The third-order valence-electron chi connectivity index (χ3n) is 4.13. The fourth-order valence-corrected chi connectivity index (χ4v) is 3.02. The van der Waals surface area contributed by atoms with E-state index in [0.717, 1.165) is 22.8 Å². The molecule has 1 aliphatic heterocycles. The smallest absolute Gasteiger partial charge is 0.231 e. The van der Waals surface area contributed by atoms with Gasteiger partial charge >= 0.3 is 0 Å². The van der Waals surface area contributed by atoms with Gasteiger partial charge in [0.05, 0.1) is 5.69 Å². The zero-order chi connectivity index (χ0) is 15.4. The third-order valence-corrected chi connectivity index (χ3v) is 4.40. The van der Waals surface area contributed by atoms with Crippen molar-refractivity contribution in [2.45, 2.75) is 18.8 Å². The molecule has 0 unspecified atom stereocenters. The Morgan fingerprint density at radius 1 is 1.09 bits per heavy atom. The molecule has 2 aliphatic rings. The molecule has 0 amide bonds. The van der Waals surface area contributed by atoms with E-state index < -0.39 is 0 Å². The first-order chi connectivity index (χ1) is 11.3. The average molecular weight is 327 g/mol. The molecule has 0 saturated heterocycles. The number of nitrogens with one attached hydrogen (secondary N) is 2. The van der Waals surface area contributed by atoms with E-state index >= 15 is 0 Å². The number of fused-ring (bicyclic) bond motifs is 1. The molecule has 23 heavy (non-hydrogen) atoms. The topological polar surface area (TPSA) is 80.8 Å². The largest absolute Gasteiger partial charge is 0.454 e. The van der Waals surface area contributed by atoms with Gasteiger partial charge in [-0.15, -0.1) is 0 Å². The SMILES string of the molecule is S=c1[nH]nc(-c2cc(C3CC3)[nH]n2)n1-c1ccc2c(c1)OCO2. The van der Waals surface area contributed by atoms with E-state index in [2.05, 4.69) is 20.4 Å². The predicted molar refractivity (Wildman–Crippen MR) is 84.4 cm³/mol. The molecule has 1 aliphatic carbocycles. The van der Waals surface area contributed by atoms with E-state index in [1.54, 1.807) is 0 Å². The fraction of sp³-hybridized carbons (Fsp3) is 0.267. The lowest BCUT2D eigenvalue weighted by atomic mass is 10.2. The summed E-state index contributed by atoms with van der Waals surface area (Å²) in [5.74, 6) is 2.73. The van der Waals surface area contributed by atoms with Crippen LogP contribution in [0.2, 0.25) is 0 Å². The van der Waals surface area contributed by atoms with Crippen molar-refractivity contribution in [3.8, 4) is 28.7 Å². The Hall–Kier alpha value is -2.61. The number of benzene rings is 1. The number of hydrogen-bond donors (Lipinski definition) is 2. The van der Waals surface area contributed by atoms with Crippen LogP contribution in [0.25, 0.3) is 17.2 Å². The number of hydrogen-bond acceptors (Lipinski definition) is 5. The number of ether oxygens (including phenoxy) is 2. The molecular formula is C15H13N5O2S. The maximum atomic E-state index is 5.44. The van der Waals surface area contributed by atoms with Gasteiger partial charge in [0.1, 0.15) is 5.69 Å². The highest BCUT2D eigenvalue weighted by Gasteiger charge is 2.26. The van der Waals surface area contributed by atoms with Crippen LogP contribution in [-0.4, -0.2) is 31.8 Å². The van der Waals surface area contributed by atoms with Crippen molar-refractivity contribution >= 4 is 12.2 Å². The minimum atomic E-state index is 0.243. The van der Waals surface area contributed by atoms with Gasteiger partial charge in [-0.1, -0.05) is 0 Å². The number of aromatic amines is 2. The van der Waals surface area contributed by atoms with Crippen LogP contribution >= 0.6 is 12.2 Å². The second-order valence-corrected chi connectivity index (χ2v) is 6.09. The molecule has 3 heterocycles. The summed E-state index contributed by atoms with van der Waals surface area (Å²) >= 11 is 5.39. The summed E-state index contributed by atoms with van der Waals surface area (Å²) in [5.41, 5.74) is 2.79. The molecule has 7 nitrogen and oxygen atoms in total. The van der Waals surface area contributed by atoms with Crippen LogP contribution in [0, 0.1) is 4.77 Å². The second-order valence-electron chi connectivity index (χ2n) is 5.71. The van der Waals surface area contributed by atoms with Gasteiger partial charge in [0.15, 0.2) is 22.1 Å². The number of aromatic nitrogens is 5. The number of rotatable bonds is 3. The van der Waals surface area contributed by atoms with Crippen LogP contribution in [0.1, 0.15) is 24.5 Å². The van der Waals surface area contributed by atoms with Gasteiger partial charge in [-0.25, -0.2) is 0 Å². The molecule has 5 rings (SSSR count). The first-order valence-electron chi connectivity index (χ1n) is 7.43. The molecule has 2 aromatic heterocycles. The van der Waals surface area contributed by atoms with Crippen molar-refractivity contribution in [2.75, 3.05) is 6.79 Å². The highest BCUT2D eigenvalue weighted by molar-refractivity contribution is 7.71. The lowest BCUT2D eigenvalue weighted by Gasteiger charge is -2.06. The quantitative estimate of drug-likeness (QED) is 0.723. The van der Waals surface area contributed by atoms with Crippen molar-refractivity contribution in [3.05, 3.63) is 34.7 Å². The first-order valence-corrected chi connectivity index (χ1v) is 7.83. The van der Waals surface area contributed by atoms with E-state index in [4.69, 9.17) is 21.7 Å². The molecular weight excluding hydrogens is 314 g/mol. The molecule has 8 heteroatoms. The molecule has 1 fully saturated rings. The summed E-state index contributed by atoms with van der Waals surface area (Å²) in [5, 5.41) is 14.7. The van der Waals surface area contributed by atoms with Crippen molar-refractivity contribution < 1.29 is 9.47 Å². The zero-order valence-corrected chi connectivity index (χ0v) is 12.9. The Bertz CT molecular complexity index is 953. The van der Waals surface area contributed by atoms with Crippen LogP contribution < -0.4 is 9.47 Å². The fourth-order valence-electron chi connectivity index (χ4n) is 2.79. The second kappa shape index (κ2) is 4.69. The van der Waals surface area contributed by atoms with Crippen molar-refractivity contribution in [3.63, 3.8) is 0 Å². The van der Waals surface area contributed by atoms with Gasteiger partial charge < -0.3 is 9.47 Å². The Morgan fingerprint density at radius 3 is 2.83 bits per heavy atom. The third kappa shape index (κ3) is 2.06. The highest BCUT2D eigenvalue weighted by atomic mass is 32.1. The van der Waals surface area contributed by atoms with Crippen molar-refractivity contribution in [1.82, 2.24) is 25.0 Å². The molecule has 0 spiro atoms. The summed E-state index contributed by atoms with van der Waals surface area (Å²) in [6.07, 6.45) is 2.44. The van der Waals surface area contributed by atoms with Gasteiger partial charge in [0.2, 0.25) is 6.79 Å². The summed E-state index contributed by atoms with van der Waals surface area (Å²) in [4.78, 5) is 0. The summed E-state index contributed by atoms with van der Waals surface area (Å²) in [7, 11) is 0. The molecule has 0 radical (unpaired) electrons. The van der Waals surface area contributed by atoms with Gasteiger partial charge in [-0.3, -0.25) is 14.8 Å². The molecule has 1 aromatic carbocycles. The molecule has 3 aromatic rings. The average Bonchev–Trinajstić information content (AvgIpc) is 2.99. The van der Waals surface area contributed by atoms with E-state index in [9.17, 15) is 0 Å². The number of nitrogens with zero attached hydrogens (tertiary/aromatic N) is 3. The molecule has 2 N–H and O–H groups in total. The number of H-pyrrole nitrogens is 2. The van der Waals surface area contributed by atoms with E-state index in [-0.39, 0.29) is 6.79 Å². The normalized spacial score (nSPS) is 16.0. The summed E-state index contributed by atoms with van der Waals surface area (Å²) < 4.78 is 13.2. The van der Waals surface area contributed by atoms with Crippen LogP contribution in [-0.2, 0) is 0 Å². The maximum Gasteiger partial charge on any atom is 0.231 e. The standard InChI is InChI=1S/C15H13N5O2S/c23-15-19-18-14(11-6-10(16-17-11)8-1-2-8)20(15)9-3-4-12-13(5-9)22-7-21-12/h3-6,8H,1-2,7H2,(H,16,17)(H,19,23). The van der Waals surface area contributed by atoms with E-state index in [1.807, 2.05) is 28.8 Å². The van der Waals surface area contributed by atoms with Crippen LogP contribution in [0.3, 0.4) is 0 Å². The molecule has 0 atom stereocenters. The van der Waals surface area contributed by atoms with Crippen molar-refractivity contribution in [1.29, 1.82) is 0 Å². The zero-order valence-electron chi connectivity index (χ0n) is 12.1. The van der Waals surface area contributed by atoms with Crippen molar-refractivity contribution in [2.24, 2.45) is 0 Å². The van der Waals surface area contributed by atoms with Gasteiger partial charge in [-0.05, 0) is 43.3 Å². The Balaban J connectivity index is 1.62. The van der Waals surface area contributed by atoms with Crippen LogP contribution in [0.5, 0.6) is 11.5 Å². The lowest BCUT2D eigenvalue weighted by molar-refractivity contribution is 0.174. The monoisotopic (exact) mass is 327 g/mol. The Kier molecular flexibility index (Phi) is 2.63. The Morgan fingerprint density at radius 2 is 1.96 bits per heavy atom. The molecule has 0 bridgehead atoms. The minimum absolute atomic E-state index is 0.243.